The fraction of sp³-hybridized carbons (Fsp3) is 0.909. The first-order valence-corrected chi connectivity index (χ1v) is 6.16. The van der Waals surface area contributed by atoms with Crippen LogP contribution < -0.4 is 11.1 Å². The maximum atomic E-state index is 12.0. The molecule has 1 heterocycles. The number of carbonyl (C=O) groups excluding carboxylic acids is 1. The van der Waals surface area contributed by atoms with E-state index in [9.17, 15) is 4.79 Å². The van der Waals surface area contributed by atoms with Gasteiger partial charge in [-0.15, -0.1) is 0 Å². The van der Waals surface area contributed by atoms with Gasteiger partial charge in [0.1, 0.15) is 0 Å². The molecular formula is C11H21N3O2. The van der Waals surface area contributed by atoms with Crippen LogP contribution in [0.4, 0.5) is 4.79 Å². The largest absolute Gasteiger partial charge is 0.377 e. The van der Waals surface area contributed by atoms with Gasteiger partial charge in [0.25, 0.3) is 0 Å². The lowest BCUT2D eigenvalue weighted by molar-refractivity contribution is 0.0151. The number of nitrogens with one attached hydrogen (secondary N) is 1. The molecule has 2 rings (SSSR count). The number of morpholine rings is 1. The Bertz CT molecular complexity index is 241. The van der Waals surface area contributed by atoms with Gasteiger partial charge in [-0.25, -0.2) is 4.79 Å². The number of rotatable bonds is 2. The zero-order chi connectivity index (χ0) is 11.4. The Labute approximate surface area is 96.3 Å². The molecule has 2 fully saturated rings. The molecule has 1 unspecified atom stereocenters. The second kappa shape index (κ2) is 5.50. The van der Waals surface area contributed by atoms with Crippen LogP contribution in [-0.2, 0) is 4.74 Å². The van der Waals surface area contributed by atoms with Gasteiger partial charge in [-0.05, 0) is 12.8 Å². The van der Waals surface area contributed by atoms with Gasteiger partial charge < -0.3 is 20.7 Å². The molecule has 0 aromatic rings. The highest BCUT2D eigenvalue weighted by molar-refractivity contribution is 5.75. The summed E-state index contributed by atoms with van der Waals surface area (Å²) >= 11 is 0. The van der Waals surface area contributed by atoms with E-state index < -0.39 is 0 Å². The van der Waals surface area contributed by atoms with E-state index in [4.69, 9.17) is 10.5 Å². The average Bonchev–Trinajstić information content (AvgIpc) is 2.81. The first-order chi connectivity index (χ1) is 7.81. The third kappa shape index (κ3) is 2.65. The van der Waals surface area contributed by atoms with Gasteiger partial charge in [0.2, 0.25) is 0 Å². The number of hydrogen-bond donors (Lipinski definition) is 2. The minimum absolute atomic E-state index is 0.0330. The molecule has 92 valence electrons. The molecule has 1 aliphatic heterocycles. The summed E-state index contributed by atoms with van der Waals surface area (Å²) in [6.07, 6.45) is 4.69. The van der Waals surface area contributed by atoms with Crippen LogP contribution in [0, 0.1) is 0 Å². The van der Waals surface area contributed by atoms with Crippen molar-refractivity contribution in [2.75, 3.05) is 26.3 Å². The van der Waals surface area contributed by atoms with E-state index in [1.54, 1.807) is 0 Å². The van der Waals surface area contributed by atoms with Gasteiger partial charge >= 0.3 is 6.03 Å². The molecule has 2 amide bonds. The smallest absolute Gasteiger partial charge is 0.318 e. The molecule has 0 spiro atoms. The van der Waals surface area contributed by atoms with Gasteiger partial charge in [0.15, 0.2) is 0 Å². The van der Waals surface area contributed by atoms with Gasteiger partial charge in [-0.1, -0.05) is 12.8 Å². The Balaban J connectivity index is 1.86. The van der Waals surface area contributed by atoms with Crippen molar-refractivity contribution in [2.24, 2.45) is 5.73 Å². The molecule has 0 bridgehead atoms. The number of nitrogens with two attached hydrogens (primary N) is 1. The van der Waals surface area contributed by atoms with E-state index in [1.165, 1.54) is 12.8 Å². The highest BCUT2D eigenvalue weighted by Crippen LogP contribution is 2.18. The van der Waals surface area contributed by atoms with Gasteiger partial charge in [0.05, 0.1) is 19.3 Å². The maximum absolute atomic E-state index is 12.0. The molecule has 2 aliphatic rings. The molecule has 1 saturated heterocycles. The van der Waals surface area contributed by atoms with Crippen molar-refractivity contribution < 1.29 is 9.53 Å². The van der Waals surface area contributed by atoms with Crippen LogP contribution in [0.1, 0.15) is 25.7 Å². The number of urea groups is 1. The summed E-state index contributed by atoms with van der Waals surface area (Å²) in [4.78, 5) is 13.8. The molecule has 0 aromatic heterocycles. The van der Waals surface area contributed by atoms with E-state index in [0.29, 0.717) is 32.3 Å². The second-order valence-electron chi connectivity index (χ2n) is 4.59. The van der Waals surface area contributed by atoms with Crippen LogP contribution >= 0.6 is 0 Å². The molecule has 5 heteroatoms. The highest BCUT2D eigenvalue weighted by Gasteiger charge is 2.28. The number of amides is 2. The monoisotopic (exact) mass is 227 g/mol. The Morgan fingerprint density at radius 1 is 1.44 bits per heavy atom. The summed E-state index contributed by atoms with van der Waals surface area (Å²) in [5, 5.41) is 3.09. The summed E-state index contributed by atoms with van der Waals surface area (Å²) in [5.74, 6) is 0. The first kappa shape index (κ1) is 11.7. The Morgan fingerprint density at radius 2 is 2.19 bits per heavy atom. The molecule has 0 aromatic carbocycles. The molecule has 5 nitrogen and oxygen atoms in total. The zero-order valence-electron chi connectivity index (χ0n) is 9.65. The Hall–Kier alpha value is -0.810. The van der Waals surface area contributed by atoms with Crippen molar-refractivity contribution in [3.05, 3.63) is 0 Å². The molecule has 1 saturated carbocycles. The normalized spacial score (nSPS) is 27.1. The van der Waals surface area contributed by atoms with Crippen LogP contribution in [0.25, 0.3) is 0 Å². The number of carbonyl (C=O) groups is 1. The molecule has 16 heavy (non-hydrogen) atoms. The van der Waals surface area contributed by atoms with Crippen LogP contribution in [0.15, 0.2) is 0 Å². The van der Waals surface area contributed by atoms with Crippen LogP contribution in [0.5, 0.6) is 0 Å². The SMILES string of the molecule is NCC1COCCN1C(=O)NC1CCCC1. The molecule has 0 radical (unpaired) electrons. The Kier molecular flexibility index (Phi) is 4.01. The van der Waals surface area contributed by atoms with E-state index in [0.717, 1.165) is 12.8 Å². The summed E-state index contributed by atoms with van der Waals surface area (Å²) in [6.45, 7) is 2.31. The third-order valence-electron chi connectivity index (χ3n) is 3.44. The number of hydrogen-bond acceptors (Lipinski definition) is 3. The lowest BCUT2D eigenvalue weighted by Crippen LogP contribution is -2.56. The van der Waals surface area contributed by atoms with Crippen molar-refractivity contribution >= 4 is 6.03 Å². The maximum Gasteiger partial charge on any atom is 0.318 e. The fourth-order valence-corrected chi connectivity index (χ4v) is 2.45. The predicted octanol–water partition coefficient (Wildman–Crippen LogP) is 0.298. The Morgan fingerprint density at radius 3 is 2.88 bits per heavy atom. The summed E-state index contributed by atoms with van der Waals surface area (Å²) in [5.41, 5.74) is 5.64. The van der Waals surface area contributed by atoms with E-state index in [1.807, 2.05) is 4.90 Å². The fourth-order valence-electron chi connectivity index (χ4n) is 2.45. The summed E-state index contributed by atoms with van der Waals surface area (Å²) < 4.78 is 5.32. The molecule has 3 N–H and O–H groups in total. The van der Waals surface area contributed by atoms with Crippen LogP contribution in [-0.4, -0.2) is 49.3 Å². The van der Waals surface area contributed by atoms with Crippen LogP contribution in [0.2, 0.25) is 0 Å². The minimum atomic E-state index is 0.0330. The average molecular weight is 227 g/mol. The quantitative estimate of drug-likeness (QED) is 0.713. The van der Waals surface area contributed by atoms with Gasteiger partial charge in [0, 0.05) is 19.1 Å². The third-order valence-corrected chi connectivity index (χ3v) is 3.44. The standard InChI is InChI=1S/C11H21N3O2/c12-7-10-8-16-6-5-14(10)11(15)13-9-3-1-2-4-9/h9-10H,1-8,12H2,(H,13,15). The van der Waals surface area contributed by atoms with E-state index in [2.05, 4.69) is 5.32 Å². The van der Waals surface area contributed by atoms with Gasteiger partial charge in [-0.3, -0.25) is 0 Å². The molecule has 1 atom stereocenters. The summed E-state index contributed by atoms with van der Waals surface area (Å²) in [6, 6.07) is 0.439. The summed E-state index contributed by atoms with van der Waals surface area (Å²) in [7, 11) is 0. The molecular weight excluding hydrogens is 206 g/mol. The van der Waals surface area contributed by atoms with Crippen LogP contribution in [0.3, 0.4) is 0 Å². The lowest BCUT2D eigenvalue weighted by atomic mass is 10.2. The zero-order valence-corrected chi connectivity index (χ0v) is 9.65. The number of nitrogens with zero attached hydrogens (tertiary/aromatic N) is 1. The van der Waals surface area contributed by atoms with Crippen molar-refractivity contribution in [1.29, 1.82) is 0 Å². The van der Waals surface area contributed by atoms with Crippen molar-refractivity contribution in [1.82, 2.24) is 10.2 Å². The van der Waals surface area contributed by atoms with E-state index in [-0.39, 0.29) is 12.1 Å². The first-order valence-electron chi connectivity index (χ1n) is 6.16. The van der Waals surface area contributed by atoms with Gasteiger partial charge in [-0.2, -0.15) is 0 Å². The van der Waals surface area contributed by atoms with E-state index >= 15 is 0 Å². The van der Waals surface area contributed by atoms with Crippen molar-refractivity contribution in [2.45, 2.75) is 37.8 Å². The topological polar surface area (TPSA) is 67.6 Å². The van der Waals surface area contributed by atoms with Crippen molar-refractivity contribution in [3.8, 4) is 0 Å². The highest BCUT2D eigenvalue weighted by atomic mass is 16.5. The predicted molar refractivity (Wildman–Crippen MR) is 61.2 cm³/mol. The van der Waals surface area contributed by atoms with Crippen molar-refractivity contribution in [3.63, 3.8) is 0 Å². The molecule has 1 aliphatic carbocycles. The second-order valence-corrected chi connectivity index (χ2v) is 4.59. The number of ether oxygens (including phenoxy) is 1. The lowest BCUT2D eigenvalue weighted by Gasteiger charge is -2.35. The minimum Gasteiger partial charge on any atom is -0.377 e.